The molecule has 1 aliphatic heterocycles. The molecule has 190 valence electrons. The lowest BCUT2D eigenvalue weighted by Gasteiger charge is -2.38. The van der Waals surface area contributed by atoms with Crippen molar-refractivity contribution in [2.24, 2.45) is 0 Å². The first-order valence-electron chi connectivity index (χ1n) is 12.1. The Hall–Kier alpha value is -3.68. The van der Waals surface area contributed by atoms with Crippen LogP contribution in [0.1, 0.15) is 37.3 Å². The second-order valence-corrected chi connectivity index (χ2v) is 9.59. The molecule has 1 aliphatic rings. The number of halogens is 2. The second-order valence-electron chi connectivity index (χ2n) is 8.78. The fraction of sp³-hybridized carbons (Fsp3) is 0.214. The molecule has 0 bridgehead atoms. The van der Waals surface area contributed by atoms with Crippen molar-refractivity contribution in [3.05, 3.63) is 101 Å². The van der Waals surface area contributed by atoms with Gasteiger partial charge in [-0.25, -0.2) is 4.79 Å². The van der Waals surface area contributed by atoms with Crippen LogP contribution in [-0.2, 0) is 4.79 Å². The molecule has 9 heteroatoms. The van der Waals surface area contributed by atoms with Crippen LogP contribution in [0.4, 0.5) is 16.2 Å². The highest BCUT2D eigenvalue weighted by Crippen LogP contribution is 2.42. The molecular formula is C28H26Cl2N4O3. The zero-order valence-corrected chi connectivity index (χ0v) is 21.7. The average Bonchev–Trinajstić information content (AvgIpc) is 3.60. The number of aromatic nitrogens is 1. The number of nitrogens with one attached hydrogen (secondary N) is 1. The van der Waals surface area contributed by atoms with Crippen molar-refractivity contribution in [1.82, 2.24) is 9.47 Å². The molecule has 7 nitrogen and oxygen atoms in total. The first kappa shape index (κ1) is 25.0. The monoisotopic (exact) mass is 536 g/mol. The van der Waals surface area contributed by atoms with E-state index in [2.05, 4.69) is 9.88 Å². The van der Waals surface area contributed by atoms with Gasteiger partial charge in [0.15, 0.2) is 0 Å². The molecule has 1 atom stereocenters. The molecule has 2 aromatic carbocycles. The first-order chi connectivity index (χ1) is 18.0. The number of unbranched alkanes of at least 4 members (excludes halogenated alkanes) is 1. The molecular weight excluding hydrogens is 511 g/mol. The molecule has 37 heavy (non-hydrogen) atoms. The molecule has 0 spiro atoms. The zero-order valence-electron chi connectivity index (χ0n) is 20.2. The summed E-state index contributed by atoms with van der Waals surface area (Å²) in [5, 5.41) is 3.45. The highest BCUT2D eigenvalue weighted by atomic mass is 35.5. The minimum absolute atomic E-state index is 0.139. The van der Waals surface area contributed by atoms with E-state index in [4.69, 9.17) is 27.6 Å². The Morgan fingerprint density at radius 3 is 2.43 bits per heavy atom. The van der Waals surface area contributed by atoms with Crippen LogP contribution >= 0.6 is 23.2 Å². The smallest absolute Gasteiger partial charge is 0.322 e. The van der Waals surface area contributed by atoms with Crippen LogP contribution in [0.25, 0.3) is 5.69 Å². The number of anilines is 2. The molecule has 1 unspecified atom stereocenters. The number of carbonyl (C=O) groups excluding carboxylic acids is 2. The van der Waals surface area contributed by atoms with Crippen molar-refractivity contribution in [3.63, 3.8) is 0 Å². The van der Waals surface area contributed by atoms with Gasteiger partial charge >= 0.3 is 6.03 Å². The molecule has 0 fully saturated rings. The maximum atomic E-state index is 14.1. The minimum atomic E-state index is -0.485. The second kappa shape index (κ2) is 10.7. The third kappa shape index (κ3) is 4.84. The largest absolute Gasteiger partial charge is 0.467 e. The number of hydrogen-bond acceptors (Lipinski definition) is 3. The normalized spacial score (nSPS) is 14.1. The van der Waals surface area contributed by atoms with E-state index in [1.54, 1.807) is 35.4 Å². The maximum absolute atomic E-state index is 14.1. The topological polar surface area (TPSA) is 70.7 Å². The van der Waals surface area contributed by atoms with Gasteiger partial charge in [0.25, 0.3) is 0 Å². The van der Waals surface area contributed by atoms with Crippen LogP contribution < -0.4 is 10.2 Å². The van der Waals surface area contributed by atoms with Crippen LogP contribution in [0.5, 0.6) is 0 Å². The quantitative estimate of drug-likeness (QED) is 0.272. The average molecular weight is 537 g/mol. The van der Waals surface area contributed by atoms with Gasteiger partial charge in [-0.2, -0.15) is 0 Å². The van der Waals surface area contributed by atoms with Crippen LogP contribution in [-0.4, -0.2) is 34.5 Å². The number of hydrogen-bond donors (Lipinski definition) is 1. The van der Waals surface area contributed by atoms with E-state index in [-0.39, 0.29) is 12.5 Å². The Labute approximate surface area is 225 Å². The van der Waals surface area contributed by atoms with Crippen LogP contribution in [0.3, 0.4) is 0 Å². The van der Waals surface area contributed by atoms with Gasteiger partial charge in [0.2, 0.25) is 5.91 Å². The van der Waals surface area contributed by atoms with E-state index in [9.17, 15) is 9.59 Å². The summed E-state index contributed by atoms with van der Waals surface area (Å²) < 4.78 is 7.85. The fourth-order valence-corrected chi connectivity index (χ4v) is 5.11. The van der Waals surface area contributed by atoms with E-state index in [1.807, 2.05) is 55.6 Å². The van der Waals surface area contributed by atoms with Gasteiger partial charge in [-0.3, -0.25) is 9.69 Å². The summed E-state index contributed by atoms with van der Waals surface area (Å²) in [5.41, 5.74) is 2.84. The van der Waals surface area contributed by atoms with Gasteiger partial charge in [-0.15, -0.1) is 0 Å². The fourth-order valence-electron chi connectivity index (χ4n) is 4.62. The van der Waals surface area contributed by atoms with E-state index >= 15 is 0 Å². The molecule has 1 N–H and O–H groups in total. The summed E-state index contributed by atoms with van der Waals surface area (Å²) in [5.74, 6) is 0.396. The van der Waals surface area contributed by atoms with E-state index in [0.717, 1.165) is 29.9 Å². The van der Waals surface area contributed by atoms with Gasteiger partial charge in [0.05, 0.1) is 39.1 Å². The molecule has 3 heterocycles. The summed E-state index contributed by atoms with van der Waals surface area (Å²) in [6, 6.07) is 19.4. The summed E-state index contributed by atoms with van der Waals surface area (Å²) >= 11 is 12.5. The minimum Gasteiger partial charge on any atom is -0.467 e. The number of nitrogens with zero attached hydrogens (tertiary/aromatic N) is 3. The predicted molar refractivity (Wildman–Crippen MR) is 146 cm³/mol. The molecule has 0 radical (unpaired) electrons. The Bertz CT molecular complexity index is 1400. The van der Waals surface area contributed by atoms with Gasteiger partial charge in [0.1, 0.15) is 18.3 Å². The first-order valence-corrected chi connectivity index (χ1v) is 12.9. The van der Waals surface area contributed by atoms with Crippen molar-refractivity contribution in [3.8, 4) is 5.69 Å². The molecule has 0 saturated heterocycles. The van der Waals surface area contributed by atoms with E-state index < -0.39 is 12.1 Å². The standard InChI is InChI=1S/C28H26Cl2N4O3/c1-2-3-15-32(28(36)31-26-19(29)9-6-10-20(26)30)18-25(35)34-22-12-5-4-11-21(22)33-16-7-13-23(33)27(34)24-14-8-17-37-24/h4-14,16-17,27H,2-3,15,18H2,1H3,(H,31,36). The Morgan fingerprint density at radius 2 is 1.73 bits per heavy atom. The van der Waals surface area contributed by atoms with Gasteiger partial charge in [0, 0.05) is 12.7 Å². The van der Waals surface area contributed by atoms with Crippen LogP contribution in [0, 0.1) is 0 Å². The highest BCUT2D eigenvalue weighted by molar-refractivity contribution is 6.39. The third-order valence-electron chi connectivity index (χ3n) is 6.39. The summed E-state index contributed by atoms with van der Waals surface area (Å²) in [6.45, 7) is 2.29. The lowest BCUT2D eigenvalue weighted by atomic mass is 10.0. The van der Waals surface area contributed by atoms with Crippen molar-refractivity contribution in [2.45, 2.75) is 25.8 Å². The number of rotatable bonds is 7. The summed E-state index contributed by atoms with van der Waals surface area (Å²) in [6.07, 6.45) is 5.16. The summed E-state index contributed by atoms with van der Waals surface area (Å²) in [4.78, 5) is 30.6. The molecule has 2 aromatic heterocycles. The molecule has 3 amide bonds. The molecule has 4 aromatic rings. The number of amides is 3. The number of carbonyl (C=O) groups is 2. The molecule has 0 aliphatic carbocycles. The zero-order chi connectivity index (χ0) is 25.9. The Morgan fingerprint density at radius 1 is 0.973 bits per heavy atom. The van der Waals surface area contributed by atoms with Crippen molar-refractivity contribution < 1.29 is 14.0 Å². The number of fused-ring (bicyclic) bond motifs is 3. The highest BCUT2D eigenvalue weighted by Gasteiger charge is 2.38. The Balaban J connectivity index is 1.49. The van der Waals surface area contributed by atoms with Gasteiger partial charge in [-0.05, 0) is 55.0 Å². The third-order valence-corrected chi connectivity index (χ3v) is 7.02. The van der Waals surface area contributed by atoms with Gasteiger partial charge < -0.3 is 19.2 Å². The van der Waals surface area contributed by atoms with Crippen LogP contribution in [0.2, 0.25) is 10.0 Å². The SMILES string of the molecule is CCCCN(CC(=O)N1c2ccccc2-n2cccc2C1c1ccco1)C(=O)Nc1c(Cl)cccc1Cl. The lowest BCUT2D eigenvalue weighted by Crippen LogP contribution is -2.48. The van der Waals surface area contributed by atoms with Crippen molar-refractivity contribution in [2.75, 3.05) is 23.3 Å². The predicted octanol–water partition coefficient (Wildman–Crippen LogP) is 7.15. The molecule has 5 rings (SSSR count). The van der Waals surface area contributed by atoms with Crippen molar-refractivity contribution in [1.29, 1.82) is 0 Å². The lowest BCUT2D eigenvalue weighted by molar-refractivity contribution is -0.119. The van der Waals surface area contributed by atoms with Crippen LogP contribution in [0.15, 0.2) is 83.6 Å². The number of para-hydroxylation sites is 3. The Kier molecular flexibility index (Phi) is 7.26. The maximum Gasteiger partial charge on any atom is 0.322 e. The number of urea groups is 1. The van der Waals surface area contributed by atoms with Gasteiger partial charge in [-0.1, -0.05) is 54.7 Å². The van der Waals surface area contributed by atoms with E-state index in [0.29, 0.717) is 28.0 Å². The van der Waals surface area contributed by atoms with E-state index in [1.165, 1.54) is 4.90 Å². The number of furan rings is 1. The summed E-state index contributed by atoms with van der Waals surface area (Å²) in [7, 11) is 0. The molecule has 0 saturated carbocycles. The number of benzene rings is 2. The van der Waals surface area contributed by atoms with Crippen molar-refractivity contribution >= 4 is 46.5 Å².